The Kier molecular flexibility index (Phi) is 6.35. The van der Waals surface area contributed by atoms with Gasteiger partial charge in [0.05, 0.1) is 12.3 Å². The molecule has 0 radical (unpaired) electrons. The first kappa shape index (κ1) is 19.2. The maximum Gasteiger partial charge on any atom is 0.317 e. The molecule has 0 spiro atoms. The summed E-state index contributed by atoms with van der Waals surface area (Å²) in [5.74, 6) is 0. The Bertz CT molecular complexity index is 838. The summed E-state index contributed by atoms with van der Waals surface area (Å²) in [6, 6.07) is 15.5. The van der Waals surface area contributed by atoms with Crippen molar-refractivity contribution in [3.05, 3.63) is 70.2 Å². The van der Waals surface area contributed by atoms with Crippen LogP contribution in [-0.2, 0) is 11.4 Å². The first-order valence-electron chi connectivity index (χ1n) is 9.13. The van der Waals surface area contributed by atoms with Crippen LogP contribution in [0.3, 0.4) is 0 Å². The Balaban J connectivity index is 1.69. The lowest BCUT2D eigenvalue weighted by Gasteiger charge is -2.25. The fourth-order valence-electron chi connectivity index (χ4n) is 3.14. The number of amides is 2. The van der Waals surface area contributed by atoms with Crippen molar-refractivity contribution in [2.75, 3.05) is 13.1 Å². The highest BCUT2D eigenvalue weighted by Crippen LogP contribution is 2.22. The van der Waals surface area contributed by atoms with Gasteiger partial charge in [0.25, 0.3) is 0 Å². The molecular weight excluding hydrogens is 362 g/mol. The zero-order valence-corrected chi connectivity index (χ0v) is 16.4. The first-order valence-corrected chi connectivity index (χ1v) is 9.51. The average Bonchev–Trinajstić information content (AvgIpc) is 3.12. The lowest BCUT2D eigenvalue weighted by molar-refractivity contribution is 0.0590. The van der Waals surface area contributed by atoms with Gasteiger partial charge >= 0.3 is 6.03 Å². The highest BCUT2D eigenvalue weighted by Gasteiger charge is 2.27. The Hall–Kier alpha value is -2.53. The third kappa shape index (κ3) is 4.80. The summed E-state index contributed by atoms with van der Waals surface area (Å²) in [4.78, 5) is 19.9. The molecule has 1 aliphatic rings. The number of rotatable bonds is 6. The smallest absolute Gasteiger partial charge is 0.317 e. The van der Waals surface area contributed by atoms with E-state index in [0.717, 1.165) is 22.4 Å². The van der Waals surface area contributed by atoms with Gasteiger partial charge in [0.2, 0.25) is 0 Å². The van der Waals surface area contributed by atoms with Gasteiger partial charge in [-0.1, -0.05) is 59.2 Å². The number of nitrogens with zero attached hydrogens (tertiary/aromatic N) is 2. The molecule has 0 saturated carbocycles. The van der Waals surface area contributed by atoms with Gasteiger partial charge in [-0.05, 0) is 31.0 Å². The van der Waals surface area contributed by atoms with Crippen LogP contribution in [0.5, 0.6) is 0 Å². The van der Waals surface area contributed by atoms with E-state index in [2.05, 4.69) is 23.5 Å². The second-order valence-corrected chi connectivity index (χ2v) is 7.00. The van der Waals surface area contributed by atoms with Crippen molar-refractivity contribution in [1.29, 1.82) is 0 Å². The van der Waals surface area contributed by atoms with E-state index in [1.54, 1.807) is 4.90 Å². The normalized spacial score (nSPS) is 15.8. The third-order valence-electron chi connectivity index (χ3n) is 4.55. The van der Waals surface area contributed by atoms with Crippen molar-refractivity contribution in [2.45, 2.75) is 32.9 Å². The van der Waals surface area contributed by atoms with E-state index in [1.165, 1.54) is 0 Å². The maximum atomic E-state index is 12.5. The van der Waals surface area contributed by atoms with Crippen LogP contribution < -0.4 is 5.32 Å². The van der Waals surface area contributed by atoms with E-state index in [4.69, 9.17) is 16.4 Å². The molecule has 5 nitrogen and oxygen atoms in total. The molecule has 0 saturated heterocycles. The molecule has 0 bridgehead atoms. The standard InChI is InChI=1S/C21H24ClN3O2/c1-3-23-21(26)25(13-16-9-5-7-11-19(16)22)14-17-12-20(24-27-17)18-10-6-4-8-15(18)2/h4-11,17H,3,12-14H2,1-2H3,(H,23,26). The van der Waals surface area contributed by atoms with E-state index in [-0.39, 0.29) is 12.1 Å². The van der Waals surface area contributed by atoms with E-state index < -0.39 is 0 Å². The summed E-state index contributed by atoms with van der Waals surface area (Å²) >= 11 is 6.28. The number of oxime groups is 1. The van der Waals surface area contributed by atoms with Crippen LogP contribution in [0.2, 0.25) is 5.02 Å². The highest BCUT2D eigenvalue weighted by molar-refractivity contribution is 6.31. The molecule has 2 amide bonds. The number of benzene rings is 2. The van der Waals surface area contributed by atoms with Gasteiger partial charge in [0, 0.05) is 30.1 Å². The number of carbonyl (C=O) groups is 1. The molecule has 142 valence electrons. The minimum Gasteiger partial charge on any atom is -0.390 e. The molecular formula is C21H24ClN3O2. The van der Waals surface area contributed by atoms with Crippen LogP contribution >= 0.6 is 11.6 Å². The zero-order valence-electron chi connectivity index (χ0n) is 15.6. The summed E-state index contributed by atoms with van der Waals surface area (Å²) in [5, 5.41) is 7.77. The number of hydrogen-bond donors (Lipinski definition) is 1. The largest absolute Gasteiger partial charge is 0.390 e. The lowest BCUT2D eigenvalue weighted by atomic mass is 10.0. The van der Waals surface area contributed by atoms with Crippen LogP contribution in [-0.4, -0.2) is 35.8 Å². The topological polar surface area (TPSA) is 53.9 Å². The molecule has 2 aromatic carbocycles. The third-order valence-corrected chi connectivity index (χ3v) is 4.92. The maximum absolute atomic E-state index is 12.5. The summed E-state index contributed by atoms with van der Waals surface area (Å²) in [6.07, 6.45) is 0.494. The summed E-state index contributed by atoms with van der Waals surface area (Å²) < 4.78 is 0. The van der Waals surface area contributed by atoms with Crippen molar-refractivity contribution in [3.8, 4) is 0 Å². The molecule has 1 aliphatic heterocycles. The second kappa shape index (κ2) is 8.91. The monoisotopic (exact) mass is 385 g/mol. The molecule has 1 heterocycles. The van der Waals surface area contributed by atoms with E-state index in [0.29, 0.717) is 31.1 Å². The lowest BCUT2D eigenvalue weighted by Crippen LogP contribution is -2.43. The molecule has 0 fully saturated rings. The molecule has 1 N–H and O–H groups in total. The molecule has 1 unspecified atom stereocenters. The first-order chi connectivity index (χ1) is 13.1. The second-order valence-electron chi connectivity index (χ2n) is 6.59. The average molecular weight is 386 g/mol. The quantitative estimate of drug-likeness (QED) is 0.802. The van der Waals surface area contributed by atoms with Crippen LogP contribution in [0.25, 0.3) is 0 Å². The summed E-state index contributed by atoms with van der Waals surface area (Å²) in [7, 11) is 0. The van der Waals surface area contributed by atoms with Crippen molar-refractivity contribution in [1.82, 2.24) is 10.2 Å². The zero-order chi connectivity index (χ0) is 19.2. The molecule has 3 rings (SSSR count). The molecule has 6 heteroatoms. The predicted molar refractivity (Wildman–Crippen MR) is 108 cm³/mol. The number of urea groups is 1. The van der Waals surface area contributed by atoms with Gasteiger partial charge < -0.3 is 15.1 Å². The number of halogens is 1. The van der Waals surface area contributed by atoms with Crippen molar-refractivity contribution >= 4 is 23.3 Å². The molecule has 27 heavy (non-hydrogen) atoms. The molecule has 2 aromatic rings. The number of nitrogens with one attached hydrogen (secondary N) is 1. The van der Waals surface area contributed by atoms with Crippen molar-refractivity contribution in [3.63, 3.8) is 0 Å². The van der Waals surface area contributed by atoms with Crippen molar-refractivity contribution < 1.29 is 9.63 Å². The van der Waals surface area contributed by atoms with Gasteiger partial charge in [-0.2, -0.15) is 0 Å². The Labute approximate surface area is 165 Å². The Morgan fingerprint density at radius 1 is 1.26 bits per heavy atom. The Morgan fingerprint density at radius 2 is 2.00 bits per heavy atom. The van der Waals surface area contributed by atoms with Crippen LogP contribution in [0.15, 0.2) is 53.7 Å². The van der Waals surface area contributed by atoms with Crippen LogP contribution in [0.1, 0.15) is 30.0 Å². The molecule has 0 aliphatic carbocycles. The van der Waals surface area contributed by atoms with Crippen LogP contribution in [0, 0.1) is 6.92 Å². The SMILES string of the molecule is CCNC(=O)N(Cc1ccccc1Cl)CC1CC(c2ccccc2C)=NO1. The van der Waals surface area contributed by atoms with Gasteiger partial charge in [-0.3, -0.25) is 0 Å². The Morgan fingerprint density at radius 3 is 2.74 bits per heavy atom. The van der Waals surface area contributed by atoms with E-state index >= 15 is 0 Å². The fraction of sp³-hybridized carbons (Fsp3) is 0.333. The van der Waals surface area contributed by atoms with E-state index in [1.807, 2.05) is 49.4 Å². The predicted octanol–water partition coefficient (Wildman–Crippen LogP) is 4.37. The number of hydrogen-bond acceptors (Lipinski definition) is 3. The van der Waals surface area contributed by atoms with Crippen molar-refractivity contribution in [2.24, 2.45) is 5.16 Å². The summed E-state index contributed by atoms with van der Waals surface area (Å²) in [5.41, 5.74) is 4.09. The van der Waals surface area contributed by atoms with Gasteiger partial charge in [-0.25, -0.2) is 4.79 Å². The van der Waals surface area contributed by atoms with Gasteiger partial charge in [0.1, 0.15) is 0 Å². The van der Waals surface area contributed by atoms with Crippen LogP contribution in [0.4, 0.5) is 4.79 Å². The fourth-order valence-corrected chi connectivity index (χ4v) is 3.34. The highest BCUT2D eigenvalue weighted by atomic mass is 35.5. The molecule has 0 aromatic heterocycles. The minimum absolute atomic E-state index is 0.134. The molecule has 1 atom stereocenters. The van der Waals surface area contributed by atoms with Gasteiger partial charge in [0.15, 0.2) is 6.10 Å². The summed E-state index contributed by atoms with van der Waals surface area (Å²) in [6.45, 7) is 5.38. The number of aryl methyl sites for hydroxylation is 1. The minimum atomic E-state index is -0.176. The number of carbonyl (C=O) groups excluding carboxylic acids is 1. The van der Waals surface area contributed by atoms with Gasteiger partial charge in [-0.15, -0.1) is 0 Å². The van der Waals surface area contributed by atoms with E-state index in [9.17, 15) is 4.79 Å².